The number of fused-ring (bicyclic) bond motifs is 1. The van der Waals surface area contributed by atoms with Crippen molar-refractivity contribution in [3.05, 3.63) is 46.5 Å². The second-order valence-electron chi connectivity index (χ2n) is 5.52. The monoisotopic (exact) mass is 460 g/mol. The highest BCUT2D eigenvalue weighted by Gasteiger charge is 2.16. The van der Waals surface area contributed by atoms with Gasteiger partial charge in [-0.3, -0.25) is 4.99 Å². The van der Waals surface area contributed by atoms with Crippen LogP contribution in [0.4, 0.5) is 0 Å². The molecule has 6 nitrogen and oxygen atoms in total. The first-order chi connectivity index (χ1) is 11.3. The van der Waals surface area contributed by atoms with E-state index in [1.54, 1.807) is 7.05 Å². The number of halogens is 2. The van der Waals surface area contributed by atoms with E-state index < -0.39 is 0 Å². The van der Waals surface area contributed by atoms with E-state index in [1.165, 1.54) is 5.56 Å². The van der Waals surface area contributed by atoms with E-state index in [9.17, 15) is 0 Å². The second-order valence-corrected chi connectivity index (χ2v) is 5.95. The number of hydrogen-bond donors (Lipinski definition) is 2. The zero-order chi connectivity index (χ0) is 16.1. The summed E-state index contributed by atoms with van der Waals surface area (Å²) in [6.07, 6.45) is 3.10. The molecule has 0 fully saturated rings. The first-order valence-electron chi connectivity index (χ1n) is 7.86. The Morgan fingerprint density at radius 1 is 1.25 bits per heavy atom. The van der Waals surface area contributed by atoms with Crippen molar-refractivity contribution in [3.8, 4) is 0 Å². The molecule has 2 N–H and O–H groups in total. The Balaban J connectivity index is 0.00000208. The number of nitrogens with one attached hydrogen (secondary N) is 2. The molecule has 0 bridgehead atoms. The van der Waals surface area contributed by atoms with Gasteiger partial charge in [-0.2, -0.15) is 0 Å². The number of aromatic nitrogens is 3. The van der Waals surface area contributed by atoms with Gasteiger partial charge in [-0.15, -0.1) is 34.2 Å². The van der Waals surface area contributed by atoms with Crippen molar-refractivity contribution in [1.82, 2.24) is 25.4 Å². The number of aliphatic imine (C=N–C) groups is 1. The summed E-state index contributed by atoms with van der Waals surface area (Å²) in [4.78, 5) is 4.24. The molecule has 1 aromatic carbocycles. The molecule has 1 aromatic heterocycles. The van der Waals surface area contributed by atoms with E-state index in [0.717, 1.165) is 55.0 Å². The van der Waals surface area contributed by atoms with E-state index in [4.69, 9.17) is 11.6 Å². The van der Waals surface area contributed by atoms with Crippen LogP contribution in [0, 0.1) is 0 Å². The lowest BCUT2D eigenvalue weighted by Crippen LogP contribution is -2.38. The maximum Gasteiger partial charge on any atom is 0.191 e. The zero-order valence-electron chi connectivity index (χ0n) is 13.6. The summed E-state index contributed by atoms with van der Waals surface area (Å²) in [5.74, 6) is 2.83. The Bertz CT molecular complexity index is 682. The van der Waals surface area contributed by atoms with E-state index in [1.807, 2.05) is 24.3 Å². The molecule has 1 aliphatic heterocycles. The van der Waals surface area contributed by atoms with Crippen molar-refractivity contribution in [2.75, 3.05) is 13.6 Å². The van der Waals surface area contributed by atoms with Crippen LogP contribution in [0.15, 0.2) is 29.3 Å². The fourth-order valence-electron chi connectivity index (χ4n) is 2.70. The minimum absolute atomic E-state index is 0. The normalized spacial score (nSPS) is 13.3. The van der Waals surface area contributed by atoms with E-state index in [0.29, 0.717) is 6.54 Å². The Hall–Kier alpha value is -1.35. The molecule has 0 amide bonds. The maximum atomic E-state index is 5.89. The van der Waals surface area contributed by atoms with Gasteiger partial charge in [0.2, 0.25) is 0 Å². The van der Waals surface area contributed by atoms with Gasteiger partial charge in [0.15, 0.2) is 11.8 Å². The van der Waals surface area contributed by atoms with Gasteiger partial charge in [-0.05, 0) is 30.5 Å². The SMILES string of the molecule is CN=C(NCCc1ccc(Cl)cc1)NCc1nnc2n1CCC2.I. The molecule has 0 spiro atoms. The average Bonchev–Trinajstić information content (AvgIpc) is 3.16. The van der Waals surface area contributed by atoms with E-state index in [2.05, 4.69) is 30.4 Å². The number of nitrogens with zero attached hydrogens (tertiary/aromatic N) is 4. The van der Waals surface area contributed by atoms with Crippen LogP contribution in [0.25, 0.3) is 0 Å². The van der Waals surface area contributed by atoms with Crippen molar-refractivity contribution in [2.45, 2.75) is 32.4 Å². The lowest BCUT2D eigenvalue weighted by Gasteiger charge is -2.12. The average molecular weight is 461 g/mol. The number of guanidine groups is 1. The molecule has 0 radical (unpaired) electrons. The third-order valence-corrected chi connectivity index (χ3v) is 4.20. The summed E-state index contributed by atoms with van der Waals surface area (Å²) in [7, 11) is 1.77. The van der Waals surface area contributed by atoms with Gasteiger partial charge >= 0.3 is 0 Å². The molecule has 3 rings (SSSR count). The van der Waals surface area contributed by atoms with Gasteiger partial charge in [-0.1, -0.05) is 23.7 Å². The van der Waals surface area contributed by atoms with Gasteiger partial charge in [0.05, 0.1) is 6.54 Å². The molecule has 0 saturated heterocycles. The maximum absolute atomic E-state index is 5.89. The summed E-state index contributed by atoms with van der Waals surface area (Å²) < 4.78 is 2.19. The van der Waals surface area contributed by atoms with Crippen LogP contribution in [0.3, 0.4) is 0 Å². The topological polar surface area (TPSA) is 67.1 Å². The number of rotatable bonds is 5. The van der Waals surface area contributed by atoms with Gasteiger partial charge in [0.25, 0.3) is 0 Å². The molecule has 8 heteroatoms. The standard InChI is InChI=1S/C16H21ClN6.HI/c1-18-16(19-9-8-12-4-6-13(17)7-5-12)20-11-15-22-21-14-3-2-10-23(14)15;/h4-7H,2-3,8-11H2,1H3,(H2,18,19,20);1H. The molecular formula is C16H22ClIN6. The Morgan fingerprint density at radius 3 is 2.79 bits per heavy atom. The van der Waals surface area contributed by atoms with Crippen molar-refractivity contribution in [2.24, 2.45) is 4.99 Å². The third-order valence-electron chi connectivity index (χ3n) is 3.94. The summed E-state index contributed by atoms with van der Waals surface area (Å²) in [5.41, 5.74) is 1.24. The smallest absolute Gasteiger partial charge is 0.191 e. The Morgan fingerprint density at radius 2 is 2.04 bits per heavy atom. The highest BCUT2D eigenvalue weighted by Crippen LogP contribution is 2.13. The lowest BCUT2D eigenvalue weighted by molar-refractivity contribution is 0.662. The first kappa shape index (κ1) is 19.0. The summed E-state index contributed by atoms with van der Waals surface area (Å²) in [5, 5.41) is 15.8. The molecule has 0 aliphatic carbocycles. The van der Waals surface area contributed by atoms with E-state index >= 15 is 0 Å². The fraction of sp³-hybridized carbons (Fsp3) is 0.438. The molecule has 2 aromatic rings. The van der Waals surface area contributed by atoms with E-state index in [-0.39, 0.29) is 24.0 Å². The molecule has 130 valence electrons. The van der Waals surface area contributed by atoms with Crippen LogP contribution < -0.4 is 10.6 Å². The van der Waals surface area contributed by atoms with Gasteiger partial charge in [0, 0.05) is 31.6 Å². The summed E-state index contributed by atoms with van der Waals surface area (Å²) >= 11 is 5.89. The predicted molar refractivity (Wildman–Crippen MR) is 107 cm³/mol. The Kier molecular flexibility index (Phi) is 7.29. The zero-order valence-corrected chi connectivity index (χ0v) is 16.7. The number of hydrogen-bond acceptors (Lipinski definition) is 3. The first-order valence-corrected chi connectivity index (χ1v) is 8.24. The molecule has 24 heavy (non-hydrogen) atoms. The largest absolute Gasteiger partial charge is 0.356 e. The highest BCUT2D eigenvalue weighted by atomic mass is 127. The molecule has 1 aliphatic rings. The van der Waals surface area contributed by atoms with Crippen LogP contribution in [0.5, 0.6) is 0 Å². The van der Waals surface area contributed by atoms with Crippen LogP contribution in [-0.2, 0) is 25.9 Å². The number of benzene rings is 1. The molecule has 0 unspecified atom stereocenters. The summed E-state index contributed by atoms with van der Waals surface area (Å²) in [6, 6.07) is 7.91. The quantitative estimate of drug-likeness (QED) is 0.408. The van der Waals surface area contributed by atoms with Gasteiger partial charge < -0.3 is 15.2 Å². The molecule has 0 atom stereocenters. The van der Waals surface area contributed by atoms with Crippen LogP contribution in [0.1, 0.15) is 23.6 Å². The van der Waals surface area contributed by atoms with Crippen molar-refractivity contribution < 1.29 is 0 Å². The van der Waals surface area contributed by atoms with Crippen LogP contribution in [0.2, 0.25) is 5.02 Å². The van der Waals surface area contributed by atoms with Crippen LogP contribution >= 0.6 is 35.6 Å². The van der Waals surface area contributed by atoms with Gasteiger partial charge in [0.1, 0.15) is 5.82 Å². The second kappa shape index (κ2) is 9.22. The van der Waals surface area contributed by atoms with Gasteiger partial charge in [-0.25, -0.2) is 0 Å². The molecule has 2 heterocycles. The molecule has 0 saturated carbocycles. The minimum atomic E-state index is 0. The van der Waals surface area contributed by atoms with Crippen molar-refractivity contribution in [1.29, 1.82) is 0 Å². The fourth-order valence-corrected chi connectivity index (χ4v) is 2.83. The highest BCUT2D eigenvalue weighted by molar-refractivity contribution is 14.0. The lowest BCUT2D eigenvalue weighted by atomic mass is 10.1. The van der Waals surface area contributed by atoms with Crippen molar-refractivity contribution >= 4 is 41.5 Å². The minimum Gasteiger partial charge on any atom is -0.356 e. The van der Waals surface area contributed by atoms with Crippen molar-refractivity contribution in [3.63, 3.8) is 0 Å². The van der Waals surface area contributed by atoms with Crippen LogP contribution in [-0.4, -0.2) is 34.3 Å². The third kappa shape index (κ3) is 4.83. The number of aryl methyl sites for hydroxylation is 1. The summed E-state index contributed by atoms with van der Waals surface area (Å²) in [6.45, 7) is 2.45. The predicted octanol–water partition coefficient (Wildman–Crippen LogP) is 2.40. The Labute approximate surface area is 164 Å². The molecular weight excluding hydrogens is 439 g/mol.